The molecule has 2 aromatic rings. The van der Waals surface area contributed by atoms with Gasteiger partial charge in [-0.15, -0.1) is 0 Å². The van der Waals surface area contributed by atoms with Gasteiger partial charge in [0.05, 0.1) is 28.7 Å². The zero-order chi connectivity index (χ0) is 14.7. The third-order valence-electron chi connectivity index (χ3n) is 3.47. The van der Waals surface area contributed by atoms with Crippen LogP contribution in [-0.2, 0) is 4.74 Å². The average molecular weight is 288 g/mol. The summed E-state index contributed by atoms with van der Waals surface area (Å²) in [6.45, 7) is 3.01. The van der Waals surface area contributed by atoms with Crippen molar-refractivity contribution in [2.45, 2.75) is 6.10 Å². The summed E-state index contributed by atoms with van der Waals surface area (Å²) in [4.78, 5) is 14.9. The Balaban J connectivity index is 1.85. The molecule has 1 saturated heterocycles. The molecule has 21 heavy (non-hydrogen) atoms. The monoisotopic (exact) mass is 288 g/mol. The molecular formula is C14H16N4O3. The first-order valence-electron chi connectivity index (χ1n) is 6.84. The maximum Gasteiger partial charge on any atom is 0.278 e. The minimum absolute atomic E-state index is 0.0687. The van der Waals surface area contributed by atoms with Crippen LogP contribution < -0.4 is 10.6 Å². The molecule has 7 nitrogen and oxygen atoms in total. The van der Waals surface area contributed by atoms with E-state index in [2.05, 4.69) is 15.6 Å². The minimum Gasteiger partial charge on any atom is -0.381 e. The summed E-state index contributed by atoms with van der Waals surface area (Å²) in [5.74, 6) is 0. The molecule has 2 heterocycles. The number of ether oxygens (including phenoxy) is 1. The molecule has 1 atom stereocenters. The highest BCUT2D eigenvalue weighted by molar-refractivity contribution is 5.96. The quantitative estimate of drug-likeness (QED) is 0.655. The van der Waals surface area contributed by atoms with Crippen LogP contribution in [0.4, 0.5) is 11.4 Å². The maximum absolute atomic E-state index is 11.1. The highest BCUT2D eigenvalue weighted by atomic mass is 16.6. The van der Waals surface area contributed by atoms with Crippen LogP contribution in [0, 0.1) is 10.1 Å². The van der Waals surface area contributed by atoms with Gasteiger partial charge in [-0.3, -0.25) is 15.1 Å². The van der Waals surface area contributed by atoms with Gasteiger partial charge in [0, 0.05) is 31.9 Å². The second kappa shape index (κ2) is 6.02. The predicted molar refractivity (Wildman–Crippen MR) is 79.5 cm³/mol. The molecule has 1 aliphatic heterocycles. The van der Waals surface area contributed by atoms with Crippen molar-refractivity contribution in [1.29, 1.82) is 0 Å². The summed E-state index contributed by atoms with van der Waals surface area (Å²) >= 11 is 0. The van der Waals surface area contributed by atoms with E-state index in [-0.39, 0.29) is 16.7 Å². The van der Waals surface area contributed by atoms with E-state index in [1.807, 2.05) is 0 Å². The summed E-state index contributed by atoms with van der Waals surface area (Å²) < 4.78 is 5.62. The summed E-state index contributed by atoms with van der Waals surface area (Å²) in [6, 6.07) is 6.62. The van der Waals surface area contributed by atoms with Gasteiger partial charge < -0.3 is 15.4 Å². The fraction of sp³-hybridized carbons (Fsp3) is 0.357. The van der Waals surface area contributed by atoms with Crippen LogP contribution in [0.5, 0.6) is 0 Å². The number of rotatable bonds is 4. The number of morpholine rings is 1. The van der Waals surface area contributed by atoms with E-state index in [1.165, 1.54) is 6.07 Å². The molecule has 1 unspecified atom stereocenters. The zero-order valence-electron chi connectivity index (χ0n) is 11.4. The van der Waals surface area contributed by atoms with Gasteiger partial charge in [0.15, 0.2) is 0 Å². The molecule has 0 saturated carbocycles. The van der Waals surface area contributed by atoms with Gasteiger partial charge in [0.2, 0.25) is 0 Å². The number of hydrogen-bond donors (Lipinski definition) is 2. The van der Waals surface area contributed by atoms with Crippen molar-refractivity contribution < 1.29 is 9.66 Å². The number of pyridine rings is 1. The first-order valence-corrected chi connectivity index (χ1v) is 6.84. The first kappa shape index (κ1) is 13.7. The van der Waals surface area contributed by atoms with Crippen molar-refractivity contribution in [3.63, 3.8) is 0 Å². The SMILES string of the molecule is O=[N+]([O-])c1ccc(NCC2CNCCO2)c2ncccc12. The van der Waals surface area contributed by atoms with Gasteiger partial charge in [0.25, 0.3) is 5.69 Å². The van der Waals surface area contributed by atoms with Crippen LogP contribution in [-0.4, -0.2) is 42.3 Å². The van der Waals surface area contributed by atoms with Crippen molar-refractivity contribution in [2.24, 2.45) is 0 Å². The van der Waals surface area contributed by atoms with Gasteiger partial charge in [-0.25, -0.2) is 0 Å². The van der Waals surface area contributed by atoms with Gasteiger partial charge in [0.1, 0.15) is 5.52 Å². The Morgan fingerprint density at radius 3 is 3.14 bits per heavy atom. The lowest BCUT2D eigenvalue weighted by molar-refractivity contribution is -0.383. The van der Waals surface area contributed by atoms with E-state index in [0.717, 1.165) is 18.8 Å². The van der Waals surface area contributed by atoms with Crippen LogP contribution in [0.3, 0.4) is 0 Å². The molecular weight excluding hydrogens is 272 g/mol. The maximum atomic E-state index is 11.1. The van der Waals surface area contributed by atoms with Gasteiger partial charge >= 0.3 is 0 Å². The van der Waals surface area contributed by atoms with Crippen LogP contribution in [0.15, 0.2) is 30.5 Å². The summed E-state index contributed by atoms with van der Waals surface area (Å²) in [7, 11) is 0. The van der Waals surface area contributed by atoms with E-state index in [4.69, 9.17) is 4.74 Å². The Labute approximate surface area is 121 Å². The number of nitrogens with zero attached hydrogens (tertiary/aromatic N) is 2. The summed E-state index contributed by atoms with van der Waals surface area (Å²) in [5.41, 5.74) is 1.46. The predicted octanol–water partition coefficient (Wildman–Crippen LogP) is 1.54. The highest BCUT2D eigenvalue weighted by Gasteiger charge is 2.17. The van der Waals surface area contributed by atoms with E-state index < -0.39 is 0 Å². The molecule has 3 rings (SSSR count). The number of nitro benzene ring substituents is 1. The summed E-state index contributed by atoms with van der Waals surface area (Å²) in [5, 5.41) is 18.1. The fourth-order valence-corrected chi connectivity index (χ4v) is 2.43. The first-order chi connectivity index (χ1) is 10.3. The molecule has 1 aliphatic rings. The molecule has 0 bridgehead atoms. The largest absolute Gasteiger partial charge is 0.381 e. The van der Waals surface area contributed by atoms with Gasteiger partial charge in [-0.2, -0.15) is 0 Å². The number of nitrogens with one attached hydrogen (secondary N) is 2. The number of hydrogen-bond acceptors (Lipinski definition) is 6. The normalized spacial score (nSPS) is 18.6. The lowest BCUT2D eigenvalue weighted by Gasteiger charge is -2.24. The zero-order valence-corrected chi connectivity index (χ0v) is 11.4. The molecule has 2 N–H and O–H groups in total. The Morgan fingerprint density at radius 2 is 2.38 bits per heavy atom. The second-order valence-corrected chi connectivity index (χ2v) is 4.87. The van der Waals surface area contributed by atoms with Gasteiger partial charge in [-0.1, -0.05) is 0 Å². The minimum atomic E-state index is -0.387. The van der Waals surface area contributed by atoms with Crippen LogP contribution >= 0.6 is 0 Å². The highest BCUT2D eigenvalue weighted by Crippen LogP contribution is 2.29. The van der Waals surface area contributed by atoms with E-state index in [1.54, 1.807) is 24.4 Å². The number of aromatic nitrogens is 1. The Hall–Kier alpha value is -2.25. The van der Waals surface area contributed by atoms with Gasteiger partial charge in [-0.05, 0) is 18.2 Å². The van der Waals surface area contributed by atoms with Crippen LogP contribution in [0.2, 0.25) is 0 Å². The number of anilines is 1. The van der Waals surface area contributed by atoms with Crippen molar-refractivity contribution in [3.05, 3.63) is 40.6 Å². The van der Waals surface area contributed by atoms with Crippen molar-refractivity contribution >= 4 is 22.3 Å². The van der Waals surface area contributed by atoms with E-state index in [9.17, 15) is 10.1 Å². The Kier molecular flexibility index (Phi) is 3.94. The molecule has 1 aromatic heterocycles. The molecule has 1 fully saturated rings. The lowest BCUT2D eigenvalue weighted by atomic mass is 10.1. The molecule has 0 spiro atoms. The number of fused-ring (bicyclic) bond motifs is 1. The molecule has 0 amide bonds. The molecule has 0 aliphatic carbocycles. The standard InChI is InChI=1S/C14H16N4O3/c19-18(20)13-4-3-12(14-11(13)2-1-5-16-14)17-9-10-8-15-6-7-21-10/h1-5,10,15,17H,6-9H2. The van der Waals surface area contributed by atoms with E-state index in [0.29, 0.717) is 24.1 Å². The number of non-ortho nitro benzene ring substituents is 1. The number of nitro groups is 1. The van der Waals surface area contributed by atoms with E-state index >= 15 is 0 Å². The average Bonchev–Trinajstić information content (AvgIpc) is 2.53. The lowest BCUT2D eigenvalue weighted by Crippen LogP contribution is -2.42. The molecule has 7 heteroatoms. The summed E-state index contributed by atoms with van der Waals surface area (Å²) in [6.07, 6.45) is 1.73. The number of benzene rings is 1. The molecule has 0 radical (unpaired) electrons. The third kappa shape index (κ3) is 2.93. The Bertz CT molecular complexity index is 656. The fourth-order valence-electron chi connectivity index (χ4n) is 2.43. The smallest absolute Gasteiger partial charge is 0.278 e. The second-order valence-electron chi connectivity index (χ2n) is 4.87. The molecule has 110 valence electrons. The van der Waals surface area contributed by atoms with Crippen molar-refractivity contribution in [1.82, 2.24) is 10.3 Å². The van der Waals surface area contributed by atoms with Crippen LogP contribution in [0.25, 0.3) is 10.9 Å². The third-order valence-corrected chi connectivity index (χ3v) is 3.47. The topological polar surface area (TPSA) is 89.3 Å². The van der Waals surface area contributed by atoms with Crippen molar-refractivity contribution in [3.8, 4) is 0 Å². The Morgan fingerprint density at radius 1 is 1.48 bits per heavy atom. The van der Waals surface area contributed by atoms with Crippen molar-refractivity contribution in [2.75, 3.05) is 31.6 Å². The van der Waals surface area contributed by atoms with Crippen LogP contribution in [0.1, 0.15) is 0 Å². The molecule has 1 aromatic carbocycles.